The van der Waals surface area contributed by atoms with Crippen LogP contribution in [0.1, 0.15) is 12.8 Å². The molecule has 0 unspecified atom stereocenters. The van der Waals surface area contributed by atoms with E-state index in [1.807, 2.05) is 0 Å². The summed E-state index contributed by atoms with van der Waals surface area (Å²) in [7, 11) is 1.25. The molecule has 2 amide bonds. The minimum Gasteiger partial charge on any atom is -0.452 e. The second kappa shape index (κ2) is 5.43. The van der Waals surface area contributed by atoms with Crippen molar-refractivity contribution in [1.82, 2.24) is 10.4 Å². The lowest BCUT2D eigenvalue weighted by molar-refractivity contribution is -0.125. The minimum absolute atomic E-state index is 0.000324. The van der Waals surface area contributed by atoms with Gasteiger partial charge in [-0.25, -0.2) is 10.2 Å². The van der Waals surface area contributed by atoms with E-state index in [2.05, 4.69) is 10.2 Å². The fourth-order valence-electron chi connectivity index (χ4n) is 1.32. The molecule has 1 aliphatic rings. The summed E-state index contributed by atoms with van der Waals surface area (Å²) in [5, 5.41) is 1.23. The van der Waals surface area contributed by atoms with Crippen molar-refractivity contribution in [3.05, 3.63) is 0 Å². The predicted molar refractivity (Wildman–Crippen MR) is 47.3 cm³/mol. The fraction of sp³-hybridized carbons (Fsp3) is 0.750. The van der Waals surface area contributed by atoms with Gasteiger partial charge in [-0.15, -0.1) is 0 Å². The average Bonchev–Trinajstić information content (AvgIpc) is 2.26. The van der Waals surface area contributed by atoms with Gasteiger partial charge in [0.2, 0.25) is 6.41 Å². The van der Waals surface area contributed by atoms with E-state index in [9.17, 15) is 9.59 Å². The number of nitrogens with one attached hydrogen (secondary N) is 1. The molecule has 1 saturated heterocycles. The van der Waals surface area contributed by atoms with E-state index in [4.69, 9.17) is 4.74 Å². The van der Waals surface area contributed by atoms with Crippen LogP contribution in [0.5, 0.6) is 0 Å². The Bertz CT molecular complexity index is 204. The van der Waals surface area contributed by atoms with Crippen LogP contribution in [0, 0.1) is 0 Å². The zero-order chi connectivity index (χ0) is 10.4. The fourth-order valence-corrected chi connectivity index (χ4v) is 1.32. The Morgan fingerprint density at radius 2 is 2.21 bits per heavy atom. The van der Waals surface area contributed by atoms with Gasteiger partial charge in [0.15, 0.2) is 0 Å². The molecular weight excluding hydrogens is 188 g/mol. The number of carbonyl (C=O) groups excluding carboxylic acids is 2. The van der Waals surface area contributed by atoms with Crippen molar-refractivity contribution in [2.75, 3.05) is 20.3 Å². The van der Waals surface area contributed by atoms with Gasteiger partial charge < -0.3 is 9.47 Å². The highest BCUT2D eigenvalue weighted by Crippen LogP contribution is 2.10. The van der Waals surface area contributed by atoms with Crippen molar-refractivity contribution in [1.29, 1.82) is 0 Å². The van der Waals surface area contributed by atoms with Crippen LogP contribution in [0.15, 0.2) is 0 Å². The molecule has 0 bridgehead atoms. The van der Waals surface area contributed by atoms with Gasteiger partial charge in [0.25, 0.3) is 0 Å². The van der Waals surface area contributed by atoms with Gasteiger partial charge in [-0.3, -0.25) is 9.80 Å². The largest absolute Gasteiger partial charge is 0.452 e. The van der Waals surface area contributed by atoms with Gasteiger partial charge in [-0.05, 0) is 12.8 Å². The van der Waals surface area contributed by atoms with E-state index in [-0.39, 0.29) is 6.04 Å². The summed E-state index contributed by atoms with van der Waals surface area (Å²) < 4.78 is 9.53. The highest BCUT2D eigenvalue weighted by molar-refractivity contribution is 5.68. The molecule has 0 aromatic rings. The van der Waals surface area contributed by atoms with E-state index < -0.39 is 6.09 Å². The van der Waals surface area contributed by atoms with Crippen molar-refractivity contribution >= 4 is 12.5 Å². The first kappa shape index (κ1) is 10.8. The molecule has 0 aromatic heterocycles. The number of methoxy groups -OCH3 is 1. The molecule has 0 spiro atoms. The molecule has 1 fully saturated rings. The highest BCUT2D eigenvalue weighted by Gasteiger charge is 2.21. The molecule has 80 valence electrons. The Morgan fingerprint density at radius 3 is 2.71 bits per heavy atom. The van der Waals surface area contributed by atoms with Crippen LogP contribution < -0.4 is 5.43 Å². The minimum atomic E-state index is -0.636. The third kappa shape index (κ3) is 2.88. The van der Waals surface area contributed by atoms with Crippen LogP contribution >= 0.6 is 0 Å². The second-order valence-corrected chi connectivity index (χ2v) is 2.96. The van der Waals surface area contributed by atoms with E-state index in [1.54, 1.807) is 0 Å². The smallest absolute Gasteiger partial charge is 0.425 e. The van der Waals surface area contributed by atoms with E-state index in [1.165, 1.54) is 12.1 Å². The SMILES string of the molecule is COC(=O)NN(C=O)C1CCOCC1. The van der Waals surface area contributed by atoms with Gasteiger partial charge >= 0.3 is 6.09 Å². The molecule has 14 heavy (non-hydrogen) atoms. The van der Waals surface area contributed by atoms with Crippen LogP contribution in [0.4, 0.5) is 4.79 Å². The lowest BCUT2D eigenvalue weighted by Crippen LogP contribution is -2.49. The standard InChI is InChI=1S/C8H14N2O4/c1-13-8(12)9-10(6-11)7-2-4-14-5-3-7/h6-7H,2-5H2,1H3,(H,9,12). The lowest BCUT2D eigenvalue weighted by atomic mass is 10.1. The first-order chi connectivity index (χ1) is 6.77. The highest BCUT2D eigenvalue weighted by atomic mass is 16.5. The number of ether oxygens (including phenoxy) is 2. The number of amides is 2. The first-order valence-corrected chi connectivity index (χ1v) is 4.44. The quantitative estimate of drug-likeness (QED) is 0.512. The molecule has 1 aliphatic heterocycles. The van der Waals surface area contributed by atoms with Crippen molar-refractivity contribution in [2.24, 2.45) is 0 Å². The molecule has 0 aromatic carbocycles. The maximum atomic E-state index is 10.9. The number of carbonyl (C=O) groups is 2. The summed E-state index contributed by atoms with van der Waals surface area (Å²) >= 11 is 0. The van der Waals surface area contributed by atoms with Crippen molar-refractivity contribution in [3.63, 3.8) is 0 Å². The van der Waals surface area contributed by atoms with Crippen molar-refractivity contribution in [2.45, 2.75) is 18.9 Å². The molecule has 0 atom stereocenters. The monoisotopic (exact) mass is 202 g/mol. The maximum Gasteiger partial charge on any atom is 0.425 e. The Morgan fingerprint density at radius 1 is 1.57 bits per heavy atom. The van der Waals surface area contributed by atoms with Gasteiger partial charge in [-0.2, -0.15) is 0 Å². The molecule has 6 nitrogen and oxygen atoms in total. The van der Waals surface area contributed by atoms with Crippen molar-refractivity contribution < 1.29 is 19.1 Å². The van der Waals surface area contributed by atoms with Crippen LogP contribution in [-0.2, 0) is 14.3 Å². The molecule has 1 rings (SSSR count). The number of hydrazine groups is 1. The van der Waals surface area contributed by atoms with E-state index in [0.717, 1.165) is 12.8 Å². The number of rotatable bonds is 3. The Kier molecular flexibility index (Phi) is 4.18. The Labute approximate surface area is 82.1 Å². The molecule has 6 heteroatoms. The van der Waals surface area contributed by atoms with Gasteiger partial charge in [0, 0.05) is 13.2 Å². The normalized spacial score (nSPS) is 17.2. The first-order valence-electron chi connectivity index (χ1n) is 4.44. The number of hydrogen-bond donors (Lipinski definition) is 1. The predicted octanol–water partition coefficient (Wildman–Crippen LogP) is -0.105. The molecule has 0 aliphatic carbocycles. The zero-order valence-corrected chi connectivity index (χ0v) is 8.06. The maximum absolute atomic E-state index is 10.9. The summed E-state index contributed by atoms with van der Waals surface area (Å²) in [5.41, 5.74) is 2.33. The molecule has 1 N–H and O–H groups in total. The molecule has 0 radical (unpaired) electrons. The number of hydrogen-bond acceptors (Lipinski definition) is 4. The molecular formula is C8H14N2O4. The van der Waals surface area contributed by atoms with E-state index in [0.29, 0.717) is 19.6 Å². The topological polar surface area (TPSA) is 67.9 Å². The third-order valence-electron chi connectivity index (χ3n) is 2.10. The zero-order valence-electron chi connectivity index (χ0n) is 8.06. The van der Waals surface area contributed by atoms with Crippen molar-refractivity contribution in [3.8, 4) is 0 Å². The molecule has 1 heterocycles. The van der Waals surface area contributed by atoms with Gasteiger partial charge in [-0.1, -0.05) is 0 Å². The average molecular weight is 202 g/mol. The summed E-state index contributed by atoms with van der Waals surface area (Å²) in [6.07, 6.45) is 1.40. The Hall–Kier alpha value is -1.30. The summed E-state index contributed by atoms with van der Waals surface area (Å²) in [5.74, 6) is 0. The summed E-state index contributed by atoms with van der Waals surface area (Å²) in [4.78, 5) is 21.5. The van der Waals surface area contributed by atoms with Crippen LogP contribution in [0.25, 0.3) is 0 Å². The lowest BCUT2D eigenvalue weighted by Gasteiger charge is -2.30. The molecule has 0 saturated carbocycles. The summed E-state index contributed by atoms with van der Waals surface area (Å²) in [6.45, 7) is 1.22. The Balaban J connectivity index is 2.43. The van der Waals surface area contributed by atoms with E-state index >= 15 is 0 Å². The van der Waals surface area contributed by atoms with Gasteiger partial charge in [0.05, 0.1) is 13.2 Å². The number of nitrogens with zero attached hydrogens (tertiary/aromatic N) is 1. The third-order valence-corrected chi connectivity index (χ3v) is 2.10. The van der Waals surface area contributed by atoms with Crippen LogP contribution in [0.3, 0.4) is 0 Å². The van der Waals surface area contributed by atoms with Gasteiger partial charge in [0.1, 0.15) is 0 Å². The second-order valence-electron chi connectivity index (χ2n) is 2.96. The summed E-state index contributed by atoms with van der Waals surface area (Å²) in [6, 6.07) is 0.000324. The van der Waals surface area contributed by atoms with Crippen LogP contribution in [0.2, 0.25) is 0 Å². The van der Waals surface area contributed by atoms with Crippen LogP contribution in [-0.4, -0.2) is 43.9 Å².